The number of hydrogen-bond donors (Lipinski definition) is 1. The van der Waals surface area contributed by atoms with E-state index in [-0.39, 0.29) is 5.60 Å². The highest BCUT2D eigenvalue weighted by Crippen LogP contribution is 2.40. The first-order valence-electron chi connectivity index (χ1n) is 7.40. The summed E-state index contributed by atoms with van der Waals surface area (Å²) in [5, 5.41) is 3.36. The Morgan fingerprint density at radius 2 is 1.81 bits per heavy atom. The number of benzene rings is 1. The van der Waals surface area contributed by atoms with Gasteiger partial charge >= 0.3 is 6.18 Å². The summed E-state index contributed by atoms with van der Waals surface area (Å²) in [5.74, 6) is 0.521. The van der Waals surface area contributed by atoms with Crippen LogP contribution in [0.25, 0.3) is 0 Å². The third-order valence-electron chi connectivity index (χ3n) is 3.91. The Bertz CT molecular complexity index is 450. The number of hydrogen-bond acceptors (Lipinski definition) is 2. The van der Waals surface area contributed by atoms with Gasteiger partial charge in [-0.15, -0.1) is 0 Å². The molecular weight excluding hydrogens is 279 g/mol. The molecule has 1 aromatic rings. The fourth-order valence-corrected chi connectivity index (χ4v) is 2.52. The molecule has 1 saturated carbocycles. The van der Waals surface area contributed by atoms with E-state index >= 15 is 0 Å². The van der Waals surface area contributed by atoms with E-state index in [4.69, 9.17) is 4.74 Å². The van der Waals surface area contributed by atoms with Crippen LogP contribution in [-0.4, -0.2) is 18.2 Å². The highest BCUT2D eigenvalue weighted by molar-refractivity contribution is 5.29. The molecular formula is C16H22F3NO. The van der Waals surface area contributed by atoms with Crippen LogP contribution in [-0.2, 0) is 6.18 Å². The van der Waals surface area contributed by atoms with Crippen molar-refractivity contribution in [1.82, 2.24) is 5.32 Å². The summed E-state index contributed by atoms with van der Waals surface area (Å²) in [6.45, 7) is 5.03. The lowest BCUT2D eigenvalue weighted by atomic mass is 9.77. The van der Waals surface area contributed by atoms with Gasteiger partial charge < -0.3 is 10.1 Å². The molecule has 0 aromatic heterocycles. The Morgan fingerprint density at radius 1 is 1.19 bits per heavy atom. The molecule has 21 heavy (non-hydrogen) atoms. The Balaban J connectivity index is 1.95. The van der Waals surface area contributed by atoms with Crippen molar-refractivity contribution in [3.8, 4) is 5.75 Å². The average Bonchev–Trinajstić information content (AvgIpc) is 2.34. The highest BCUT2D eigenvalue weighted by Gasteiger charge is 2.39. The van der Waals surface area contributed by atoms with E-state index in [1.807, 2.05) is 0 Å². The van der Waals surface area contributed by atoms with Crippen molar-refractivity contribution in [3.05, 3.63) is 29.8 Å². The second-order valence-corrected chi connectivity index (χ2v) is 6.02. The summed E-state index contributed by atoms with van der Waals surface area (Å²) in [5.41, 5.74) is -0.847. The number of rotatable bonds is 6. The molecule has 1 fully saturated rings. The van der Waals surface area contributed by atoms with Crippen molar-refractivity contribution in [2.45, 2.75) is 57.3 Å². The molecule has 0 saturated heterocycles. The molecule has 118 valence electrons. The smallest absolute Gasteiger partial charge is 0.416 e. The van der Waals surface area contributed by atoms with Gasteiger partial charge in [0.2, 0.25) is 0 Å². The summed E-state index contributed by atoms with van der Waals surface area (Å²) < 4.78 is 43.6. The normalized spacial score (nSPS) is 17.6. The Morgan fingerprint density at radius 3 is 2.24 bits per heavy atom. The molecule has 0 bridgehead atoms. The van der Waals surface area contributed by atoms with Crippen molar-refractivity contribution in [2.75, 3.05) is 6.54 Å². The van der Waals surface area contributed by atoms with E-state index in [1.54, 1.807) is 0 Å². The van der Waals surface area contributed by atoms with Crippen LogP contribution in [0.5, 0.6) is 5.75 Å². The Kier molecular flexibility index (Phi) is 4.81. The van der Waals surface area contributed by atoms with Crippen molar-refractivity contribution >= 4 is 0 Å². The quantitative estimate of drug-likeness (QED) is 0.841. The third-order valence-corrected chi connectivity index (χ3v) is 3.91. The number of nitrogens with one attached hydrogen (secondary N) is 1. The Hall–Kier alpha value is -1.23. The van der Waals surface area contributed by atoms with Crippen LogP contribution in [0, 0.1) is 0 Å². The van der Waals surface area contributed by atoms with Crippen molar-refractivity contribution in [2.24, 2.45) is 0 Å². The molecule has 5 heteroatoms. The molecule has 0 spiro atoms. The number of ether oxygens (including phenoxy) is 1. The van der Waals surface area contributed by atoms with Crippen LogP contribution >= 0.6 is 0 Å². The van der Waals surface area contributed by atoms with E-state index in [0.29, 0.717) is 11.8 Å². The minimum atomic E-state index is -4.30. The third kappa shape index (κ3) is 4.37. The molecule has 0 amide bonds. The molecule has 1 aliphatic carbocycles. The predicted octanol–water partition coefficient (Wildman–Crippen LogP) is 4.40. The van der Waals surface area contributed by atoms with E-state index in [9.17, 15) is 13.2 Å². The molecule has 0 aliphatic heterocycles. The largest absolute Gasteiger partial charge is 0.487 e. The van der Waals surface area contributed by atoms with Gasteiger partial charge in [-0.1, -0.05) is 13.8 Å². The van der Waals surface area contributed by atoms with E-state index in [2.05, 4.69) is 19.2 Å². The second-order valence-electron chi connectivity index (χ2n) is 6.02. The summed E-state index contributed by atoms with van der Waals surface area (Å²) >= 11 is 0. The number of halogens is 3. The summed E-state index contributed by atoms with van der Waals surface area (Å²) in [6.07, 6.45) is -0.371. The maximum absolute atomic E-state index is 12.5. The summed E-state index contributed by atoms with van der Waals surface area (Å²) in [4.78, 5) is 0. The molecule has 0 atom stereocenters. The van der Waals surface area contributed by atoms with Gasteiger partial charge in [-0.2, -0.15) is 13.2 Å². The van der Waals surface area contributed by atoms with Crippen LogP contribution in [0.3, 0.4) is 0 Å². The predicted molar refractivity (Wildman–Crippen MR) is 76.4 cm³/mol. The minimum Gasteiger partial charge on any atom is -0.487 e. The molecule has 2 nitrogen and oxygen atoms in total. The summed E-state index contributed by atoms with van der Waals surface area (Å²) in [6, 6.07) is 5.41. The van der Waals surface area contributed by atoms with E-state index < -0.39 is 11.7 Å². The molecule has 0 radical (unpaired) electrons. The van der Waals surface area contributed by atoms with Crippen LogP contribution < -0.4 is 10.1 Å². The van der Waals surface area contributed by atoms with Gasteiger partial charge in [0.15, 0.2) is 0 Å². The molecule has 0 heterocycles. The standard InChI is InChI=1S/C16H22F3NO/c1-12(2)20-11-10-15(8-3-9-15)21-14-6-4-13(5-7-14)16(17,18)19/h4-7,12,20H,3,8-11H2,1-2H3. The van der Waals surface area contributed by atoms with Crippen molar-refractivity contribution < 1.29 is 17.9 Å². The molecule has 1 N–H and O–H groups in total. The van der Waals surface area contributed by atoms with Crippen molar-refractivity contribution in [3.63, 3.8) is 0 Å². The molecule has 0 unspecified atom stereocenters. The van der Waals surface area contributed by atoms with Gasteiger partial charge in [0.1, 0.15) is 11.4 Å². The maximum atomic E-state index is 12.5. The van der Waals surface area contributed by atoms with Gasteiger partial charge in [0.25, 0.3) is 0 Å². The maximum Gasteiger partial charge on any atom is 0.416 e. The molecule has 1 aliphatic rings. The SMILES string of the molecule is CC(C)NCCC1(Oc2ccc(C(F)(F)F)cc2)CCC1. The van der Waals surface area contributed by atoms with Gasteiger partial charge in [-0.3, -0.25) is 0 Å². The van der Waals surface area contributed by atoms with Crippen molar-refractivity contribution in [1.29, 1.82) is 0 Å². The van der Waals surface area contributed by atoms with Gasteiger partial charge in [0, 0.05) is 6.04 Å². The monoisotopic (exact) mass is 301 g/mol. The van der Waals surface area contributed by atoms with Crippen LogP contribution in [0.15, 0.2) is 24.3 Å². The fraction of sp³-hybridized carbons (Fsp3) is 0.625. The van der Waals surface area contributed by atoms with Crippen LogP contribution in [0.1, 0.15) is 45.1 Å². The molecule has 1 aromatic carbocycles. The lowest BCUT2D eigenvalue weighted by Gasteiger charge is -2.42. The second kappa shape index (κ2) is 6.26. The average molecular weight is 301 g/mol. The zero-order valence-electron chi connectivity index (χ0n) is 12.5. The minimum absolute atomic E-state index is 0.207. The fourth-order valence-electron chi connectivity index (χ4n) is 2.52. The first kappa shape index (κ1) is 16.1. The van der Waals surface area contributed by atoms with Crippen LogP contribution in [0.2, 0.25) is 0 Å². The zero-order chi connectivity index (χ0) is 15.5. The van der Waals surface area contributed by atoms with Gasteiger partial charge in [-0.05, 0) is 56.5 Å². The van der Waals surface area contributed by atoms with E-state index in [0.717, 1.165) is 44.4 Å². The topological polar surface area (TPSA) is 21.3 Å². The van der Waals surface area contributed by atoms with Crippen LogP contribution in [0.4, 0.5) is 13.2 Å². The zero-order valence-corrected chi connectivity index (χ0v) is 12.5. The number of alkyl halides is 3. The lowest BCUT2D eigenvalue weighted by molar-refractivity contribution is -0.137. The van der Waals surface area contributed by atoms with E-state index in [1.165, 1.54) is 12.1 Å². The first-order valence-corrected chi connectivity index (χ1v) is 7.40. The van der Waals surface area contributed by atoms with Gasteiger partial charge in [-0.25, -0.2) is 0 Å². The lowest BCUT2D eigenvalue weighted by Crippen LogP contribution is -2.45. The highest BCUT2D eigenvalue weighted by atomic mass is 19.4. The van der Waals surface area contributed by atoms with Gasteiger partial charge in [0.05, 0.1) is 5.56 Å². The Labute approximate surface area is 123 Å². The molecule has 2 rings (SSSR count). The summed E-state index contributed by atoms with van der Waals surface area (Å²) in [7, 11) is 0. The first-order chi connectivity index (χ1) is 9.81.